The zero-order valence-electron chi connectivity index (χ0n) is 21.8. The SMILES string of the molecule is Cc1ccc(C#N)c(C2CC(NC(=O)c3cn([C@H](C)c4nnc(N5C[C@H]6C[C@H]6C5=O)c(C)c4C)nn3)C2)n1. The number of carbonyl (C=O) groups excluding carboxylic acids is 2. The van der Waals surface area contributed by atoms with Crippen LogP contribution in [0.3, 0.4) is 0 Å². The van der Waals surface area contributed by atoms with Gasteiger partial charge in [0.05, 0.1) is 29.2 Å². The lowest BCUT2D eigenvalue weighted by Crippen LogP contribution is -2.43. The predicted octanol–water partition coefficient (Wildman–Crippen LogP) is 2.53. The van der Waals surface area contributed by atoms with Gasteiger partial charge in [-0.3, -0.25) is 19.5 Å². The number of anilines is 1. The summed E-state index contributed by atoms with van der Waals surface area (Å²) in [5.41, 5.74) is 5.10. The Labute approximate surface area is 220 Å². The molecule has 1 saturated heterocycles. The monoisotopic (exact) mass is 511 g/mol. The molecule has 3 aliphatic rings. The van der Waals surface area contributed by atoms with Gasteiger partial charge in [0.25, 0.3) is 5.91 Å². The number of rotatable bonds is 6. The molecule has 1 N–H and O–H groups in total. The number of pyridine rings is 1. The van der Waals surface area contributed by atoms with Crippen LogP contribution >= 0.6 is 0 Å². The van der Waals surface area contributed by atoms with Crippen molar-refractivity contribution < 1.29 is 9.59 Å². The molecular weight excluding hydrogens is 482 g/mol. The topological polar surface area (TPSA) is 143 Å². The Morgan fingerprint density at radius 1 is 1.13 bits per heavy atom. The Bertz CT molecular complexity index is 1500. The molecule has 2 amide bonds. The number of piperidine rings is 1. The van der Waals surface area contributed by atoms with E-state index >= 15 is 0 Å². The summed E-state index contributed by atoms with van der Waals surface area (Å²) >= 11 is 0. The van der Waals surface area contributed by atoms with Crippen LogP contribution in [0.15, 0.2) is 18.3 Å². The third kappa shape index (κ3) is 4.00. The molecule has 0 bridgehead atoms. The molecule has 3 atom stereocenters. The minimum absolute atomic E-state index is 0.00781. The Morgan fingerprint density at radius 3 is 2.63 bits per heavy atom. The summed E-state index contributed by atoms with van der Waals surface area (Å²) < 4.78 is 1.61. The van der Waals surface area contributed by atoms with Gasteiger partial charge in [0.15, 0.2) is 11.5 Å². The first kappa shape index (κ1) is 24.2. The summed E-state index contributed by atoms with van der Waals surface area (Å²) in [5, 5.41) is 29.5. The van der Waals surface area contributed by atoms with Gasteiger partial charge >= 0.3 is 0 Å². The van der Waals surface area contributed by atoms with E-state index in [1.165, 1.54) is 0 Å². The molecule has 1 aliphatic heterocycles. The van der Waals surface area contributed by atoms with Crippen molar-refractivity contribution in [3.8, 4) is 6.07 Å². The number of nitriles is 1. The van der Waals surface area contributed by atoms with Gasteiger partial charge in [0.1, 0.15) is 6.07 Å². The normalized spacial score (nSPS) is 24.4. The van der Waals surface area contributed by atoms with Crippen LogP contribution in [0.4, 0.5) is 5.82 Å². The molecule has 0 spiro atoms. The molecule has 11 nitrogen and oxygen atoms in total. The minimum atomic E-state index is -0.295. The van der Waals surface area contributed by atoms with E-state index < -0.39 is 0 Å². The van der Waals surface area contributed by atoms with Crippen LogP contribution in [0.1, 0.15) is 82.4 Å². The highest BCUT2D eigenvalue weighted by Crippen LogP contribution is 2.47. The van der Waals surface area contributed by atoms with Crippen molar-refractivity contribution in [2.24, 2.45) is 11.8 Å². The molecule has 3 aromatic heterocycles. The molecule has 11 heteroatoms. The van der Waals surface area contributed by atoms with Crippen molar-refractivity contribution in [2.75, 3.05) is 11.4 Å². The molecule has 2 saturated carbocycles. The summed E-state index contributed by atoms with van der Waals surface area (Å²) in [5.74, 6) is 1.27. The Hall–Kier alpha value is -4.20. The highest BCUT2D eigenvalue weighted by Gasteiger charge is 2.53. The molecule has 0 radical (unpaired) electrons. The van der Waals surface area contributed by atoms with Gasteiger partial charge in [-0.25, -0.2) is 4.68 Å². The predicted molar refractivity (Wildman–Crippen MR) is 136 cm³/mol. The number of fused-ring (bicyclic) bond motifs is 1. The van der Waals surface area contributed by atoms with Gasteiger partial charge in [-0.2, -0.15) is 10.4 Å². The van der Waals surface area contributed by atoms with Crippen LogP contribution in [0.5, 0.6) is 0 Å². The van der Waals surface area contributed by atoms with Crippen LogP contribution < -0.4 is 10.2 Å². The van der Waals surface area contributed by atoms with Crippen LogP contribution in [0.25, 0.3) is 0 Å². The first-order chi connectivity index (χ1) is 18.2. The van der Waals surface area contributed by atoms with E-state index in [1.54, 1.807) is 21.8 Å². The van der Waals surface area contributed by atoms with Crippen LogP contribution in [0.2, 0.25) is 0 Å². The van der Waals surface area contributed by atoms with Gasteiger partial charge < -0.3 is 5.32 Å². The van der Waals surface area contributed by atoms with Gasteiger partial charge in [-0.1, -0.05) is 5.21 Å². The molecule has 194 valence electrons. The van der Waals surface area contributed by atoms with E-state index in [1.807, 2.05) is 33.8 Å². The maximum Gasteiger partial charge on any atom is 0.273 e. The fourth-order valence-electron chi connectivity index (χ4n) is 5.63. The number of carbonyl (C=O) groups is 2. The fourth-order valence-corrected chi connectivity index (χ4v) is 5.63. The number of nitrogens with zero attached hydrogens (tertiary/aromatic N) is 8. The smallest absolute Gasteiger partial charge is 0.273 e. The Morgan fingerprint density at radius 2 is 1.92 bits per heavy atom. The standard InChI is InChI=1S/C27H29N9O2/c1-13-5-6-17(10-28)24(29-13)18-7-20(8-18)30-26(37)22-12-36(34-31-22)16(4)23-14(2)15(3)25(33-32-23)35-11-19-9-21(19)27(35)38/h5-6,12,16,18-21H,7-9,11H2,1-4H3,(H,30,37)/t16-,18?,19-,20?,21-/m1/s1. The second kappa shape index (κ2) is 8.97. The zero-order chi connectivity index (χ0) is 26.7. The maximum atomic E-state index is 12.9. The van der Waals surface area contributed by atoms with E-state index in [-0.39, 0.29) is 41.4 Å². The lowest BCUT2D eigenvalue weighted by Gasteiger charge is -2.35. The van der Waals surface area contributed by atoms with Crippen molar-refractivity contribution in [3.63, 3.8) is 0 Å². The first-order valence-corrected chi connectivity index (χ1v) is 13.0. The Balaban J connectivity index is 1.11. The molecule has 2 aliphatic carbocycles. The minimum Gasteiger partial charge on any atom is -0.348 e. The summed E-state index contributed by atoms with van der Waals surface area (Å²) in [6.45, 7) is 8.49. The second-order valence-corrected chi connectivity index (χ2v) is 10.8. The van der Waals surface area contributed by atoms with Gasteiger partial charge in [-0.05, 0) is 76.1 Å². The number of aryl methyl sites for hydroxylation is 1. The van der Waals surface area contributed by atoms with Crippen molar-refractivity contribution in [1.29, 1.82) is 5.26 Å². The number of hydrogen-bond donors (Lipinski definition) is 1. The van der Waals surface area contributed by atoms with Crippen LogP contribution in [-0.2, 0) is 4.79 Å². The Kier molecular flexibility index (Phi) is 5.70. The van der Waals surface area contributed by atoms with Crippen molar-refractivity contribution in [2.45, 2.75) is 65.0 Å². The van der Waals surface area contributed by atoms with Gasteiger partial charge in [0.2, 0.25) is 5.91 Å². The molecule has 0 unspecified atom stereocenters. The molecule has 38 heavy (non-hydrogen) atoms. The third-order valence-corrected chi connectivity index (χ3v) is 8.29. The molecular formula is C27H29N9O2. The second-order valence-electron chi connectivity index (χ2n) is 10.8. The van der Waals surface area contributed by atoms with Crippen molar-refractivity contribution in [3.05, 3.63) is 57.8 Å². The highest BCUT2D eigenvalue weighted by molar-refractivity contribution is 5.99. The average molecular weight is 512 g/mol. The van der Waals surface area contributed by atoms with Crippen LogP contribution in [0, 0.1) is 43.9 Å². The zero-order valence-corrected chi connectivity index (χ0v) is 21.8. The molecule has 4 heterocycles. The maximum absolute atomic E-state index is 12.9. The number of hydrogen-bond acceptors (Lipinski definition) is 8. The van der Waals surface area contributed by atoms with E-state index in [2.05, 4.69) is 36.9 Å². The van der Waals surface area contributed by atoms with Crippen molar-refractivity contribution >= 4 is 17.6 Å². The van der Waals surface area contributed by atoms with E-state index in [4.69, 9.17) is 0 Å². The van der Waals surface area contributed by atoms with E-state index in [0.29, 0.717) is 17.3 Å². The number of amides is 2. The molecule has 6 rings (SSSR count). The fraction of sp³-hybridized carbons (Fsp3) is 0.481. The first-order valence-electron chi connectivity index (χ1n) is 13.0. The highest BCUT2D eigenvalue weighted by atomic mass is 16.2. The quantitative estimate of drug-likeness (QED) is 0.532. The largest absolute Gasteiger partial charge is 0.348 e. The summed E-state index contributed by atoms with van der Waals surface area (Å²) in [6.07, 6.45) is 4.06. The van der Waals surface area contributed by atoms with Crippen LogP contribution in [-0.4, -0.2) is 54.6 Å². The molecule has 0 aromatic carbocycles. The summed E-state index contributed by atoms with van der Waals surface area (Å²) in [4.78, 5) is 31.7. The summed E-state index contributed by atoms with van der Waals surface area (Å²) in [6, 6.07) is 5.55. The van der Waals surface area contributed by atoms with Gasteiger partial charge in [0, 0.05) is 30.1 Å². The lowest BCUT2D eigenvalue weighted by molar-refractivity contribution is -0.118. The van der Waals surface area contributed by atoms with E-state index in [0.717, 1.165) is 54.0 Å². The summed E-state index contributed by atoms with van der Waals surface area (Å²) in [7, 11) is 0. The third-order valence-electron chi connectivity index (χ3n) is 8.29. The molecule has 3 aromatic rings. The molecule has 3 fully saturated rings. The van der Waals surface area contributed by atoms with Crippen molar-refractivity contribution in [1.82, 2.24) is 35.5 Å². The lowest BCUT2D eigenvalue weighted by atomic mass is 9.76. The van der Waals surface area contributed by atoms with E-state index in [9.17, 15) is 14.9 Å². The number of nitrogens with one attached hydrogen (secondary N) is 1. The average Bonchev–Trinajstić information content (AvgIpc) is 3.33. The number of aromatic nitrogens is 6. The van der Waals surface area contributed by atoms with Gasteiger partial charge in [-0.15, -0.1) is 10.2 Å².